The van der Waals surface area contributed by atoms with Gasteiger partial charge in [-0.2, -0.15) is 4.98 Å². The largest absolute Gasteiger partial charge is 0.377 e. The fourth-order valence-electron chi connectivity index (χ4n) is 2.21. The van der Waals surface area contributed by atoms with Gasteiger partial charge in [0.2, 0.25) is 0 Å². The van der Waals surface area contributed by atoms with E-state index in [1.165, 1.54) is 6.07 Å². The van der Waals surface area contributed by atoms with E-state index in [2.05, 4.69) is 15.5 Å². The third kappa shape index (κ3) is 3.18. The highest BCUT2D eigenvalue weighted by atomic mass is 16.6. The summed E-state index contributed by atoms with van der Waals surface area (Å²) in [5, 5.41) is 18.0. The van der Waals surface area contributed by atoms with Gasteiger partial charge in [0.1, 0.15) is 0 Å². The first-order chi connectivity index (χ1) is 11.1. The summed E-state index contributed by atoms with van der Waals surface area (Å²) in [6.45, 7) is 2.02. The van der Waals surface area contributed by atoms with Crippen molar-refractivity contribution in [3.8, 4) is 11.5 Å². The van der Waals surface area contributed by atoms with E-state index in [1.807, 2.05) is 30.3 Å². The van der Waals surface area contributed by atoms with Gasteiger partial charge in [-0.3, -0.25) is 10.1 Å². The van der Waals surface area contributed by atoms with Crippen molar-refractivity contribution in [3.63, 3.8) is 0 Å². The topological polar surface area (TPSA) is 94.1 Å². The molecule has 2 aromatic carbocycles. The highest BCUT2D eigenvalue weighted by molar-refractivity contribution is 5.59. The number of nitrogens with one attached hydrogen (secondary N) is 1. The van der Waals surface area contributed by atoms with Crippen LogP contribution in [-0.2, 0) is 6.54 Å². The van der Waals surface area contributed by atoms with Crippen LogP contribution in [0.15, 0.2) is 53.1 Å². The molecule has 1 heterocycles. The molecule has 7 nitrogen and oxygen atoms in total. The maximum Gasteiger partial charge on any atom is 0.274 e. The minimum atomic E-state index is -0.400. The second kappa shape index (κ2) is 6.27. The quantitative estimate of drug-likeness (QED) is 0.572. The molecular weight excluding hydrogens is 296 g/mol. The van der Waals surface area contributed by atoms with Gasteiger partial charge in [0.15, 0.2) is 5.82 Å². The number of hydrogen-bond acceptors (Lipinski definition) is 6. The molecule has 0 aliphatic rings. The Kier molecular flexibility index (Phi) is 4.01. The molecule has 0 unspecified atom stereocenters. The highest BCUT2D eigenvalue weighted by Crippen LogP contribution is 2.25. The predicted molar refractivity (Wildman–Crippen MR) is 84.9 cm³/mol. The predicted octanol–water partition coefficient (Wildman–Crippen LogP) is 3.57. The summed E-state index contributed by atoms with van der Waals surface area (Å²) in [5.74, 6) is 0.924. The summed E-state index contributed by atoms with van der Waals surface area (Å²) in [4.78, 5) is 14.9. The monoisotopic (exact) mass is 310 g/mol. The molecule has 0 spiro atoms. The number of benzene rings is 2. The van der Waals surface area contributed by atoms with E-state index in [0.29, 0.717) is 29.5 Å². The Balaban J connectivity index is 1.74. The van der Waals surface area contributed by atoms with Crippen LogP contribution in [0.4, 0.5) is 11.4 Å². The van der Waals surface area contributed by atoms with Crippen LogP contribution < -0.4 is 5.32 Å². The first-order valence-electron chi connectivity index (χ1n) is 7.01. The van der Waals surface area contributed by atoms with E-state index >= 15 is 0 Å². The zero-order valence-electron chi connectivity index (χ0n) is 12.4. The second-order valence-corrected chi connectivity index (χ2v) is 4.94. The number of nitro groups is 1. The van der Waals surface area contributed by atoms with Crippen LogP contribution >= 0.6 is 0 Å². The van der Waals surface area contributed by atoms with Gasteiger partial charge in [-0.05, 0) is 25.1 Å². The summed E-state index contributed by atoms with van der Waals surface area (Å²) in [6.07, 6.45) is 0. The van der Waals surface area contributed by atoms with E-state index in [-0.39, 0.29) is 5.69 Å². The lowest BCUT2D eigenvalue weighted by molar-refractivity contribution is -0.385. The van der Waals surface area contributed by atoms with Gasteiger partial charge in [-0.25, -0.2) is 0 Å². The highest BCUT2D eigenvalue weighted by Gasteiger charge is 2.14. The van der Waals surface area contributed by atoms with E-state index in [1.54, 1.807) is 19.1 Å². The van der Waals surface area contributed by atoms with Crippen LogP contribution in [0.5, 0.6) is 0 Å². The van der Waals surface area contributed by atoms with Gasteiger partial charge in [0, 0.05) is 22.9 Å². The lowest BCUT2D eigenvalue weighted by Crippen LogP contribution is -2.04. The summed E-state index contributed by atoms with van der Waals surface area (Å²) >= 11 is 0. The first kappa shape index (κ1) is 14.7. The van der Waals surface area contributed by atoms with E-state index in [9.17, 15) is 10.1 Å². The molecule has 0 amide bonds. The van der Waals surface area contributed by atoms with E-state index < -0.39 is 4.92 Å². The average Bonchev–Trinajstić information content (AvgIpc) is 3.03. The Bertz CT molecular complexity index is 830. The standard InChI is InChI=1S/C16H14N4O3/c1-11-13(8-5-9-14(11)20(21)22)17-10-15-18-16(23-19-15)12-6-3-2-4-7-12/h2-9,17H,10H2,1H3. The van der Waals surface area contributed by atoms with Crippen molar-refractivity contribution in [2.75, 3.05) is 5.32 Å². The van der Waals surface area contributed by atoms with Crippen LogP contribution in [0.1, 0.15) is 11.4 Å². The van der Waals surface area contributed by atoms with Gasteiger partial charge >= 0.3 is 0 Å². The van der Waals surface area contributed by atoms with Crippen LogP contribution in [0.2, 0.25) is 0 Å². The van der Waals surface area contributed by atoms with Gasteiger partial charge in [-0.15, -0.1) is 0 Å². The van der Waals surface area contributed by atoms with Crippen molar-refractivity contribution in [1.29, 1.82) is 0 Å². The zero-order valence-corrected chi connectivity index (χ0v) is 12.4. The number of nitrogens with zero attached hydrogens (tertiary/aromatic N) is 3. The summed E-state index contributed by atoms with van der Waals surface area (Å²) in [5.41, 5.74) is 2.17. The first-order valence-corrected chi connectivity index (χ1v) is 7.01. The minimum absolute atomic E-state index is 0.0769. The number of nitro benzene ring substituents is 1. The molecule has 3 rings (SSSR count). The Labute approximate surface area is 132 Å². The van der Waals surface area contributed by atoms with Crippen molar-refractivity contribution < 1.29 is 9.45 Å². The molecule has 0 aliphatic heterocycles. The summed E-state index contributed by atoms with van der Waals surface area (Å²) in [6, 6.07) is 14.4. The van der Waals surface area contributed by atoms with Crippen molar-refractivity contribution in [2.24, 2.45) is 0 Å². The number of hydrogen-bond donors (Lipinski definition) is 1. The lowest BCUT2D eigenvalue weighted by Gasteiger charge is -2.07. The molecule has 7 heteroatoms. The lowest BCUT2D eigenvalue weighted by atomic mass is 10.1. The molecule has 116 valence electrons. The fourth-order valence-corrected chi connectivity index (χ4v) is 2.21. The van der Waals surface area contributed by atoms with Crippen molar-refractivity contribution in [2.45, 2.75) is 13.5 Å². The molecule has 3 aromatic rings. The smallest absolute Gasteiger partial charge is 0.274 e. The Morgan fingerprint density at radius 1 is 1.17 bits per heavy atom. The van der Waals surface area contributed by atoms with Crippen LogP contribution in [0.25, 0.3) is 11.5 Å². The summed E-state index contributed by atoms with van der Waals surface area (Å²) in [7, 11) is 0. The van der Waals surface area contributed by atoms with E-state index in [0.717, 1.165) is 5.56 Å². The average molecular weight is 310 g/mol. The number of anilines is 1. The molecule has 0 radical (unpaired) electrons. The fraction of sp³-hybridized carbons (Fsp3) is 0.125. The molecular formula is C16H14N4O3. The van der Waals surface area contributed by atoms with Crippen molar-refractivity contribution in [1.82, 2.24) is 10.1 Å². The van der Waals surface area contributed by atoms with Gasteiger partial charge in [-0.1, -0.05) is 29.4 Å². The normalized spacial score (nSPS) is 10.5. The Morgan fingerprint density at radius 3 is 2.70 bits per heavy atom. The molecule has 0 aliphatic carbocycles. The van der Waals surface area contributed by atoms with Gasteiger partial charge < -0.3 is 9.84 Å². The number of aromatic nitrogens is 2. The van der Waals surface area contributed by atoms with Gasteiger partial charge in [0.05, 0.1) is 11.5 Å². The maximum absolute atomic E-state index is 10.9. The molecule has 1 aromatic heterocycles. The third-order valence-electron chi connectivity index (χ3n) is 3.43. The second-order valence-electron chi connectivity index (χ2n) is 4.94. The maximum atomic E-state index is 10.9. The van der Waals surface area contributed by atoms with Crippen molar-refractivity contribution in [3.05, 3.63) is 70.0 Å². The minimum Gasteiger partial charge on any atom is -0.377 e. The molecule has 1 N–H and O–H groups in total. The van der Waals surface area contributed by atoms with Crippen LogP contribution in [-0.4, -0.2) is 15.1 Å². The molecule has 0 saturated heterocycles. The SMILES string of the molecule is Cc1c(NCc2noc(-c3ccccc3)n2)cccc1[N+](=O)[O-]. The molecule has 0 saturated carbocycles. The summed E-state index contributed by atoms with van der Waals surface area (Å²) < 4.78 is 5.22. The zero-order chi connectivity index (χ0) is 16.2. The number of rotatable bonds is 5. The molecule has 23 heavy (non-hydrogen) atoms. The van der Waals surface area contributed by atoms with Crippen molar-refractivity contribution >= 4 is 11.4 Å². The van der Waals surface area contributed by atoms with Crippen LogP contribution in [0, 0.1) is 17.0 Å². The third-order valence-corrected chi connectivity index (χ3v) is 3.43. The van der Waals surface area contributed by atoms with E-state index in [4.69, 9.17) is 4.52 Å². The van der Waals surface area contributed by atoms with Gasteiger partial charge in [0.25, 0.3) is 11.6 Å². The molecule has 0 fully saturated rings. The molecule has 0 bridgehead atoms. The Morgan fingerprint density at radius 2 is 1.96 bits per heavy atom. The van der Waals surface area contributed by atoms with Crippen LogP contribution in [0.3, 0.4) is 0 Å². The Hall–Kier alpha value is -3.22. The molecule has 0 atom stereocenters.